The summed E-state index contributed by atoms with van der Waals surface area (Å²) in [6.45, 7) is 2.74. The highest BCUT2D eigenvalue weighted by molar-refractivity contribution is 5.59. The topological polar surface area (TPSA) is 47.0 Å². The zero-order valence-electron chi connectivity index (χ0n) is 13.3. The van der Waals surface area contributed by atoms with Crippen molar-refractivity contribution in [2.24, 2.45) is 0 Å². The number of benzene rings is 2. The van der Waals surface area contributed by atoms with Crippen molar-refractivity contribution in [3.63, 3.8) is 0 Å². The van der Waals surface area contributed by atoms with E-state index in [0.29, 0.717) is 5.82 Å². The van der Waals surface area contributed by atoms with E-state index in [9.17, 15) is 0 Å². The molecule has 0 spiro atoms. The highest BCUT2D eigenvalue weighted by Crippen LogP contribution is 2.21. The van der Waals surface area contributed by atoms with Gasteiger partial charge in [-0.2, -0.15) is 0 Å². The number of methoxy groups -OCH3 is 1. The lowest BCUT2D eigenvalue weighted by Crippen LogP contribution is -2.05. The van der Waals surface area contributed by atoms with Gasteiger partial charge < -0.3 is 10.1 Å². The number of nitrogens with one attached hydrogen (secondary N) is 1. The summed E-state index contributed by atoms with van der Waals surface area (Å²) in [6.07, 6.45) is 1.85. The molecule has 0 amide bonds. The van der Waals surface area contributed by atoms with Gasteiger partial charge in [-0.25, -0.2) is 9.97 Å². The number of rotatable bonds is 5. The van der Waals surface area contributed by atoms with Crippen LogP contribution < -0.4 is 10.1 Å². The van der Waals surface area contributed by atoms with E-state index >= 15 is 0 Å². The van der Waals surface area contributed by atoms with Gasteiger partial charge in [0.1, 0.15) is 11.6 Å². The van der Waals surface area contributed by atoms with Crippen LogP contribution in [-0.2, 0) is 6.54 Å². The van der Waals surface area contributed by atoms with E-state index in [4.69, 9.17) is 4.74 Å². The van der Waals surface area contributed by atoms with Gasteiger partial charge in [0.2, 0.25) is 0 Å². The molecular formula is C19H19N3O. The minimum absolute atomic E-state index is 0.703. The molecule has 3 aromatic rings. The van der Waals surface area contributed by atoms with E-state index in [1.165, 1.54) is 5.56 Å². The van der Waals surface area contributed by atoms with E-state index < -0.39 is 0 Å². The smallest absolute Gasteiger partial charge is 0.161 e. The Balaban J connectivity index is 1.80. The van der Waals surface area contributed by atoms with Crippen molar-refractivity contribution in [2.45, 2.75) is 13.5 Å². The van der Waals surface area contributed by atoms with Gasteiger partial charge in [0.15, 0.2) is 5.82 Å². The maximum absolute atomic E-state index is 5.18. The first kappa shape index (κ1) is 15.0. The number of nitrogens with zero attached hydrogens (tertiary/aromatic N) is 2. The van der Waals surface area contributed by atoms with Crippen molar-refractivity contribution >= 4 is 5.82 Å². The van der Waals surface area contributed by atoms with Crippen LogP contribution in [0, 0.1) is 6.92 Å². The first-order valence-corrected chi connectivity index (χ1v) is 7.52. The van der Waals surface area contributed by atoms with Crippen LogP contribution in [0.5, 0.6) is 5.75 Å². The predicted octanol–water partition coefficient (Wildman–Crippen LogP) is 4.07. The average Bonchev–Trinajstić information content (AvgIpc) is 2.62. The van der Waals surface area contributed by atoms with Crippen molar-refractivity contribution in [3.8, 4) is 17.1 Å². The summed E-state index contributed by atoms with van der Waals surface area (Å²) < 4.78 is 5.18. The Labute approximate surface area is 136 Å². The fraction of sp³-hybridized carbons (Fsp3) is 0.158. The number of anilines is 1. The summed E-state index contributed by atoms with van der Waals surface area (Å²) in [7, 11) is 1.66. The quantitative estimate of drug-likeness (QED) is 0.772. The normalized spacial score (nSPS) is 10.3. The van der Waals surface area contributed by atoms with Gasteiger partial charge in [-0.15, -0.1) is 0 Å². The third kappa shape index (κ3) is 3.66. The Bertz CT molecular complexity index is 770. The molecule has 0 saturated carbocycles. The second kappa shape index (κ2) is 6.92. The third-order valence-corrected chi connectivity index (χ3v) is 3.62. The molecule has 0 bridgehead atoms. The molecule has 0 aliphatic carbocycles. The molecule has 4 nitrogen and oxygen atoms in total. The predicted molar refractivity (Wildman–Crippen MR) is 92.5 cm³/mol. The van der Waals surface area contributed by atoms with Gasteiger partial charge in [-0.3, -0.25) is 0 Å². The molecule has 0 aliphatic heterocycles. The van der Waals surface area contributed by atoms with Crippen LogP contribution >= 0.6 is 0 Å². The Morgan fingerprint density at radius 2 is 1.74 bits per heavy atom. The molecule has 1 heterocycles. The van der Waals surface area contributed by atoms with Gasteiger partial charge in [0.25, 0.3) is 0 Å². The highest BCUT2D eigenvalue weighted by Gasteiger charge is 2.06. The third-order valence-electron chi connectivity index (χ3n) is 3.62. The van der Waals surface area contributed by atoms with Crippen molar-refractivity contribution < 1.29 is 4.74 Å². The molecular weight excluding hydrogens is 286 g/mol. The summed E-state index contributed by atoms with van der Waals surface area (Å²) in [4.78, 5) is 9.08. The van der Waals surface area contributed by atoms with E-state index in [2.05, 4.69) is 27.4 Å². The lowest BCUT2D eigenvalue weighted by atomic mass is 10.2. The molecule has 0 radical (unpaired) electrons. The molecule has 3 rings (SSSR count). The van der Waals surface area contributed by atoms with Gasteiger partial charge in [0.05, 0.1) is 7.11 Å². The molecule has 0 atom stereocenters. The van der Waals surface area contributed by atoms with Crippen LogP contribution in [0.2, 0.25) is 0 Å². The number of ether oxygens (including phenoxy) is 1. The summed E-state index contributed by atoms with van der Waals surface area (Å²) in [6, 6.07) is 18.0. The van der Waals surface area contributed by atoms with Gasteiger partial charge >= 0.3 is 0 Å². The molecule has 0 saturated heterocycles. The zero-order valence-corrected chi connectivity index (χ0v) is 13.3. The summed E-state index contributed by atoms with van der Waals surface area (Å²) in [5, 5.41) is 3.39. The van der Waals surface area contributed by atoms with Crippen LogP contribution in [0.1, 0.15) is 11.1 Å². The molecule has 1 aromatic heterocycles. The van der Waals surface area contributed by atoms with Crippen LogP contribution in [0.25, 0.3) is 11.4 Å². The number of aryl methyl sites for hydroxylation is 1. The van der Waals surface area contributed by atoms with Crippen LogP contribution in [-0.4, -0.2) is 17.1 Å². The van der Waals surface area contributed by atoms with E-state index in [-0.39, 0.29) is 0 Å². The Hall–Kier alpha value is -2.88. The fourth-order valence-electron chi connectivity index (χ4n) is 2.28. The Morgan fingerprint density at radius 3 is 2.43 bits per heavy atom. The standard InChI is InChI=1S/C19H19N3O/c1-14-12-20-19(16-8-10-17(23-2)11-9-16)22-18(14)21-13-15-6-4-3-5-7-15/h3-12H,13H2,1-2H3,(H,20,21,22). The van der Waals surface area contributed by atoms with Crippen LogP contribution in [0.4, 0.5) is 5.82 Å². The maximum atomic E-state index is 5.18. The van der Waals surface area contributed by atoms with Gasteiger partial charge in [-0.05, 0) is 36.8 Å². The van der Waals surface area contributed by atoms with Crippen molar-refractivity contribution in [1.82, 2.24) is 9.97 Å². The number of hydrogen-bond donors (Lipinski definition) is 1. The Morgan fingerprint density at radius 1 is 1.00 bits per heavy atom. The highest BCUT2D eigenvalue weighted by atomic mass is 16.5. The largest absolute Gasteiger partial charge is 0.497 e. The van der Waals surface area contributed by atoms with Gasteiger partial charge in [0, 0.05) is 23.9 Å². The first-order valence-electron chi connectivity index (χ1n) is 7.52. The summed E-state index contributed by atoms with van der Waals surface area (Å²) in [5.41, 5.74) is 3.21. The molecule has 1 N–H and O–H groups in total. The minimum atomic E-state index is 0.703. The number of hydrogen-bond acceptors (Lipinski definition) is 4. The molecule has 116 valence electrons. The molecule has 23 heavy (non-hydrogen) atoms. The molecule has 0 aliphatic rings. The monoisotopic (exact) mass is 305 g/mol. The summed E-state index contributed by atoms with van der Waals surface area (Å²) in [5.74, 6) is 2.38. The van der Waals surface area contributed by atoms with Crippen LogP contribution in [0.15, 0.2) is 60.8 Å². The SMILES string of the molecule is COc1ccc(-c2ncc(C)c(NCc3ccccc3)n2)cc1. The van der Waals surface area contributed by atoms with Gasteiger partial charge in [-0.1, -0.05) is 30.3 Å². The maximum Gasteiger partial charge on any atom is 0.161 e. The van der Waals surface area contributed by atoms with Crippen molar-refractivity contribution in [3.05, 3.63) is 71.9 Å². The zero-order chi connectivity index (χ0) is 16.1. The first-order chi connectivity index (χ1) is 11.3. The lowest BCUT2D eigenvalue weighted by Gasteiger charge is -2.10. The fourth-order valence-corrected chi connectivity index (χ4v) is 2.28. The van der Waals surface area contributed by atoms with Crippen molar-refractivity contribution in [1.29, 1.82) is 0 Å². The second-order valence-corrected chi connectivity index (χ2v) is 5.29. The van der Waals surface area contributed by atoms with Crippen molar-refractivity contribution in [2.75, 3.05) is 12.4 Å². The molecule has 2 aromatic carbocycles. The van der Waals surface area contributed by atoms with E-state index in [1.807, 2.05) is 55.6 Å². The molecule has 0 unspecified atom stereocenters. The average molecular weight is 305 g/mol. The second-order valence-electron chi connectivity index (χ2n) is 5.29. The molecule has 0 fully saturated rings. The summed E-state index contributed by atoms with van der Waals surface area (Å²) >= 11 is 0. The Kier molecular flexibility index (Phi) is 4.52. The van der Waals surface area contributed by atoms with E-state index in [0.717, 1.165) is 29.2 Å². The molecule has 4 heteroatoms. The lowest BCUT2D eigenvalue weighted by molar-refractivity contribution is 0.415. The van der Waals surface area contributed by atoms with E-state index in [1.54, 1.807) is 7.11 Å². The van der Waals surface area contributed by atoms with Crippen LogP contribution in [0.3, 0.4) is 0 Å². The number of aromatic nitrogens is 2. The minimum Gasteiger partial charge on any atom is -0.497 e.